The standard InChI is InChI=1S/C16H20O3/c1-4-5-6-9-19-16-12(2)10-14(11-13(16)3)7-8-15(17)18/h4,7-8,10-11H,1,5-6,9H2,2-3H3,(H,17,18). The fraction of sp³-hybridized carbons (Fsp3) is 0.312. The molecule has 0 aromatic heterocycles. The number of carboxylic acid groups (broad SMARTS) is 1. The number of hydrogen-bond donors (Lipinski definition) is 1. The number of rotatable bonds is 7. The lowest BCUT2D eigenvalue weighted by atomic mass is 10.1. The minimum atomic E-state index is -0.944. The van der Waals surface area contributed by atoms with Gasteiger partial charge < -0.3 is 9.84 Å². The number of aryl methyl sites for hydroxylation is 2. The van der Waals surface area contributed by atoms with Crippen LogP contribution in [0.15, 0.2) is 30.9 Å². The fourth-order valence-electron chi connectivity index (χ4n) is 1.88. The van der Waals surface area contributed by atoms with Crippen LogP contribution in [0.1, 0.15) is 29.5 Å². The Morgan fingerprint density at radius 1 is 1.37 bits per heavy atom. The summed E-state index contributed by atoms with van der Waals surface area (Å²) in [5.41, 5.74) is 2.91. The molecule has 0 radical (unpaired) electrons. The van der Waals surface area contributed by atoms with Gasteiger partial charge in [-0.05, 0) is 61.6 Å². The second kappa shape index (κ2) is 7.41. The van der Waals surface area contributed by atoms with Crippen molar-refractivity contribution in [3.05, 3.63) is 47.6 Å². The predicted molar refractivity (Wildman–Crippen MR) is 77.5 cm³/mol. The van der Waals surface area contributed by atoms with Crippen LogP contribution in [0, 0.1) is 13.8 Å². The Balaban J connectivity index is 2.79. The number of carboxylic acids is 1. The highest BCUT2D eigenvalue weighted by molar-refractivity contribution is 5.85. The van der Waals surface area contributed by atoms with Crippen molar-refractivity contribution >= 4 is 12.0 Å². The average molecular weight is 260 g/mol. The van der Waals surface area contributed by atoms with E-state index >= 15 is 0 Å². The van der Waals surface area contributed by atoms with Gasteiger partial charge in [-0.3, -0.25) is 0 Å². The van der Waals surface area contributed by atoms with Gasteiger partial charge in [0.05, 0.1) is 6.61 Å². The number of allylic oxidation sites excluding steroid dienone is 1. The Morgan fingerprint density at radius 2 is 2.00 bits per heavy atom. The summed E-state index contributed by atoms with van der Waals surface area (Å²) in [5.74, 6) is -0.0587. The van der Waals surface area contributed by atoms with Crippen LogP contribution in [0.3, 0.4) is 0 Å². The molecule has 102 valence electrons. The monoisotopic (exact) mass is 260 g/mol. The predicted octanol–water partition coefficient (Wildman–Crippen LogP) is 3.75. The van der Waals surface area contributed by atoms with E-state index in [1.807, 2.05) is 32.1 Å². The summed E-state index contributed by atoms with van der Waals surface area (Å²) in [6.07, 6.45) is 6.49. The van der Waals surface area contributed by atoms with Crippen molar-refractivity contribution in [2.75, 3.05) is 6.61 Å². The second-order valence-corrected chi connectivity index (χ2v) is 4.43. The fourth-order valence-corrected chi connectivity index (χ4v) is 1.88. The molecule has 0 heterocycles. The molecule has 0 aliphatic heterocycles. The van der Waals surface area contributed by atoms with Crippen LogP contribution in [0.2, 0.25) is 0 Å². The Bertz CT molecular complexity index is 464. The van der Waals surface area contributed by atoms with E-state index in [0.717, 1.165) is 41.4 Å². The number of aliphatic carboxylic acids is 1. The lowest BCUT2D eigenvalue weighted by Gasteiger charge is -2.12. The third kappa shape index (κ3) is 5.00. The molecule has 0 aliphatic carbocycles. The normalized spacial score (nSPS) is 10.6. The molecular weight excluding hydrogens is 240 g/mol. The van der Waals surface area contributed by atoms with E-state index in [-0.39, 0.29) is 0 Å². The molecule has 0 saturated carbocycles. The Hall–Kier alpha value is -2.03. The van der Waals surface area contributed by atoms with E-state index < -0.39 is 5.97 Å². The third-order valence-corrected chi connectivity index (χ3v) is 2.70. The first-order valence-corrected chi connectivity index (χ1v) is 6.30. The van der Waals surface area contributed by atoms with Gasteiger partial charge in [0.15, 0.2) is 0 Å². The van der Waals surface area contributed by atoms with Gasteiger partial charge in [-0.25, -0.2) is 4.79 Å². The quantitative estimate of drug-likeness (QED) is 0.461. The van der Waals surface area contributed by atoms with Crippen LogP contribution in [0.4, 0.5) is 0 Å². The van der Waals surface area contributed by atoms with Gasteiger partial charge in [-0.2, -0.15) is 0 Å². The van der Waals surface area contributed by atoms with Crippen molar-refractivity contribution in [3.8, 4) is 5.75 Å². The minimum absolute atomic E-state index is 0.665. The van der Waals surface area contributed by atoms with Crippen LogP contribution in [0.5, 0.6) is 5.75 Å². The Kier molecular flexibility index (Phi) is 5.86. The topological polar surface area (TPSA) is 46.5 Å². The molecule has 1 N–H and O–H groups in total. The number of ether oxygens (including phenoxy) is 1. The Labute approximate surface area is 114 Å². The summed E-state index contributed by atoms with van der Waals surface area (Å²) < 4.78 is 5.76. The second-order valence-electron chi connectivity index (χ2n) is 4.43. The van der Waals surface area contributed by atoms with E-state index in [9.17, 15) is 4.79 Å². The van der Waals surface area contributed by atoms with Crippen LogP contribution >= 0.6 is 0 Å². The third-order valence-electron chi connectivity index (χ3n) is 2.70. The Morgan fingerprint density at radius 3 is 2.53 bits per heavy atom. The maximum absolute atomic E-state index is 10.5. The molecule has 1 aromatic rings. The molecule has 0 unspecified atom stereocenters. The van der Waals surface area contributed by atoms with Gasteiger partial charge in [0.1, 0.15) is 5.75 Å². The van der Waals surface area contributed by atoms with E-state index in [1.165, 1.54) is 0 Å². The molecule has 0 aliphatic rings. The van der Waals surface area contributed by atoms with Gasteiger partial charge in [-0.15, -0.1) is 6.58 Å². The first-order chi connectivity index (χ1) is 9.04. The first-order valence-electron chi connectivity index (χ1n) is 6.30. The first kappa shape index (κ1) is 15.0. The largest absolute Gasteiger partial charge is 0.493 e. The van der Waals surface area contributed by atoms with Crippen molar-refractivity contribution in [2.45, 2.75) is 26.7 Å². The zero-order valence-corrected chi connectivity index (χ0v) is 11.5. The summed E-state index contributed by atoms with van der Waals surface area (Å²) >= 11 is 0. The van der Waals surface area contributed by atoms with E-state index in [2.05, 4.69) is 6.58 Å². The van der Waals surface area contributed by atoms with Crippen molar-refractivity contribution in [2.24, 2.45) is 0 Å². The maximum atomic E-state index is 10.5. The number of hydrogen-bond acceptors (Lipinski definition) is 2. The lowest BCUT2D eigenvalue weighted by Crippen LogP contribution is -2.00. The van der Waals surface area contributed by atoms with Gasteiger partial charge in [0.2, 0.25) is 0 Å². The number of unbranched alkanes of at least 4 members (excludes halogenated alkanes) is 1. The van der Waals surface area contributed by atoms with Crippen LogP contribution in [-0.2, 0) is 4.79 Å². The summed E-state index contributed by atoms with van der Waals surface area (Å²) in [4.78, 5) is 10.5. The average Bonchev–Trinajstić information content (AvgIpc) is 2.34. The smallest absolute Gasteiger partial charge is 0.328 e. The molecule has 1 aromatic carbocycles. The highest BCUT2D eigenvalue weighted by Gasteiger charge is 2.05. The van der Waals surface area contributed by atoms with E-state index in [0.29, 0.717) is 6.61 Å². The molecule has 3 nitrogen and oxygen atoms in total. The number of benzene rings is 1. The van der Waals surface area contributed by atoms with Gasteiger partial charge in [0, 0.05) is 6.08 Å². The lowest BCUT2D eigenvalue weighted by molar-refractivity contribution is -0.131. The van der Waals surface area contributed by atoms with Gasteiger partial charge in [0.25, 0.3) is 0 Å². The van der Waals surface area contributed by atoms with Crippen molar-refractivity contribution in [1.29, 1.82) is 0 Å². The highest BCUT2D eigenvalue weighted by atomic mass is 16.5. The molecule has 0 saturated heterocycles. The van der Waals surface area contributed by atoms with Gasteiger partial charge in [-0.1, -0.05) is 6.08 Å². The molecule has 3 heteroatoms. The minimum Gasteiger partial charge on any atom is -0.493 e. The maximum Gasteiger partial charge on any atom is 0.328 e. The zero-order valence-electron chi connectivity index (χ0n) is 11.5. The summed E-state index contributed by atoms with van der Waals surface area (Å²) in [7, 11) is 0. The van der Waals surface area contributed by atoms with Gasteiger partial charge >= 0.3 is 5.97 Å². The van der Waals surface area contributed by atoms with Crippen LogP contribution < -0.4 is 4.74 Å². The van der Waals surface area contributed by atoms with Crippen LogP contribution in [-0.4, -0.2) is 17.7 Å². The molecule has 0 fully saturated rings. The molecule has 0 bridgehead atoms. The molecule has 0 amide bonds. The molecule has 0 spiro atoms. The molecule has 1 rings (SSSR count). The zero-order chi connectivity index (χ0) is 14.3. The van der Waals surface area contributed by atoms with Crippen molar-refractivity contribution < 1.29 is 14.6 Å². The molecule has 0 atom stereocenters. The highest BCUT2D eigenvalue weighted by Crippen LogP contribution is 2.25. The summed E-state index contributed by atoms with van der Waals surface area (Å²) in [5, 5.41) is 8.62. The SMILES string of the molecule is C=CCCCOc1c(C)cc(C=CC(=O)O)cc1C. The van der Waals surface area contributed by atoms with E-state index in [4.69, 9.17) is 9.84 Å². The molecular formula is C16H20O3. The van der Waals surface area contributed by atoms with E-state index in [1.54, 1.807) is 6.08 Å². The molecule has 19 heavy (non-hydrogen) atoms. The van der Waals surface area contributed by atoms with Crippen molar-refractivity contribution in [3.63, 3.8) is 0 Å². The summed E-state index contributed by atoms with van der Waals surface area (Å²) in [6, 6.07) is 3.85. The summed E-state index contributed by atoms with van der Waals surface area (Å²) in [6.45, 7) is 8.27. The number of carbonyl (C=O) groups is 1. The van der Waals surface area contributed by atoms with Crippen molar-refractivity contribution in [1.82, 2.24) is 0 Å². The van der Waals surface area contributed by atoms with Crippen LogP contribution in [0.25, 0.3) is 6.08 Å².